The molecule has 98 valence electrons. The van der Waals surface area contributed by atoms with E-state index < -0.39 is 36.0 Å². The van der Waals surface area contributed by atoms with Crippen LogP contribution in [0.1, 0.15) is 5.69 Å². The maximum atomic E-state index is 13.7. The number of alkyl halides is 2. The highest BCUT2D eigenvalue weighted by Crippen LogP contribution is 2.32. The minimum Gasteiger partial charge on any atom is -0.369 e. The van der Waals surface area contributed by atoms with Crippen LogP contribution >= 0.6 is 15.9 Å². The first-order chi connectivity index (χ1) is 8.45. The van der Waals surface area contributed by atoms with Crippen LogP contribution in [0, 0.1) is 5.82 Å². The molecule has 1 saturated heterocycles. The number of rotatable bonds is 2. The fraction of sp³-hybridized carbons (Fsp3) is 0.400. The second-order valence-corrected chi connectivity index (χ2v) is 4.59. The predicted molar refractivity (Wildman–Crippen MR) is 58.5 cm³/mol. The van der Waals surface area contributed by atoms with Gasteiger partial charge in [-0.25, -0.2) is 18.2 Å². The van der Waals surface area contributed by atoms with Crippen LogP contribution in [0.2, 0.25) is 0 Å². The van der Waals surface area contributed by atoms with Gasteiger partial charge in [0.2, 0.25) is 5.91 Å². The number of amides is 1. The second kappa shape index (κ2) is 4.85. The van der Waals surface area contributed by atoms with Crippen LogP contribution < -0.4 is 5.32 Å². The summed E-state index contributed by atoms with van der Waals surface area (Å²) in [5, 5.41) is 2.08. The van der Waals surface area contributed by atoms with Crippen molar-refractivity contribution in [1.29, 1.82) is 0 Å². The Balaban J connectivity index is 2.53. The second-order valence-electron chi connectivity index (χ2n) is 3.78. The zero-order valence-electron chi connectivity index (χ0n) is 8.92. The standard InChI is InChI=1S/C10H8BrF3N2O2/c11-6-2-1-5(12)8(15-6)10(9(13)14)4-18-3-7(17)16-10/h1-2,9H,3-4H2,(H,16,17)/t10-/m0/s1. The molecule has 1 N–H and O–H groups in total. The van der Waals surface area contributed by atoms with Crippen LogP contribution in [0.15, 0.2) is 16.7 Å². The third-order valence-corrected chi connectivity index (χ3v) is 2.97. The lowest BCUT2D eigenvalue weighted by Crippen LogP contribution is -2.59. The van der Waals surface area contributed by atoms with E-state index in [1.165, 1.54) is 6.07 Å². The van der Waals surface area contributed by atoms with Crippen molar-refractivity contribution in [2.45, 2.75) is 12.0 Å². The zero-order chi connectivity index (χ0) is 13.3. The number of ether oxygens (including phenoxy) is 1. The number of carbonyl (C=O) groups excluding carboxylic acids is 1. The smallest absolute Gasteiger partial charge is 0.269 e. The van der Waals surface area contributed by atoms with Gasteiger partial charge in [-0.3, -0.25) is 4.79 Å². The normalized spacial score (nSPS) is 24.2. The number of morpholine rings is 1. The molecule has 0 unspecified atom stereocenters. The highest BCUT2D eigenvalue weighted by atomic mass is 79.9. The molecule has 1 amide bonds. The van der Waals surface area contributed by atoms with E-state index in [0.717, 1.165) is 6.07 Å². The summed E-state index contributed by atoms with van der Waals surface area (Å²) in [6, 6.07) is 2.28. The van der Waals surface area contributed by atoms with Crippen LogP contribution in [0.25, 0.3) is 0 Å². The largest absolute Gasteiger partial charge is 0.369 e. The highest BCUT2D eigenvalue weighted by Gasteiger charge is 2.49. The topological polar surface area (TPSA) is 51.2 Å². The number of nitrogens with one attached hydrogen (secondary N) is 1. The van der Waals surface area contributed by atoms with Crippen molar-refractivity contribution >= 4 is 21.8 Å². The Kier molecular flexibility index (Phi) is 3.58. The van der Waals surface area contributed by atoms with Crippen LogP contribution in [0.5, 0.6) is 0 Å². The van der Waals surface area contributed by atoms with Gasteiger partial charge in [-0.15, -0.1) is 0 Å². The molecule has 4 nitrogen and oxygen atoms in total. The number of pyridine rings is 1. The number of hydrogen-bond acceptors (Lipinski definition) is 3. The van der Waals surface area contributed by atoms with Crippen LogP contribution in [-0.2, 0) is 15.1 Å². The molecule has 0 aliphatic carbocycles. The summed E-state index contributed by atoms with van der Waals surface area (Å²) in [5.41, 5.74) is -2.79. The van der Waals surface area contributed by atoms with Crippen molar-refractivity contribution in [2.24, 2.45) is 0 Å². The fourth-order valence-electron chi connectivity index (χ4n) is 1.71. The van der Waals surface area contributed by atoms with E-state index in [1.807, 2.05) is 0 Å². The number of aromatic nitrogens is 1. The first-order valence-corrected chi connectivity index (χ1v) is 5.74. The van der Waals surface area contributed by atoms with Gasteiger partial charge in [0.25, 0.3) is 6.43 Å². The molecule has 8 heteroatoms. The van der Waals surface area contributed by atoms with Crippen molar-refractivity contribution in [3.8, 4) is 0 Å². The van der Waals surface area contributed by atoms with E-state index in [2.05, 4.69) is 26.2 Å². The quantitative estimate of drug-likeness (QED) is 0.840. The molecule has 0 spiro atoms. The van der Waals surface area contributed by atoms with Gasteiger partial charge in [0.15, 0.2) is 5.54 Å². The van der Waals surface area contributed by atoms with Gasteiger partial charge in [-0.2, -0.15) is 0 Å². The van der Waals surface area contributed by atoms with Crippen molar-refractivity contribution in [3.63, 3.8) is 0 Å². The van der Waals surface area contributed by atoms with E-state index in [1.54, 1.807) is 0 Å². The van der Waals surface area contributed by atoms with Gasteiger partial charge in [0.1, 0.15) is 22.7 Å². The van der Waals surface area contributed by atoms with E-state index in [-0.39, 0.29) is 11.2 Å². The van der Waals surface area contributed by atoms with Crippen molar-refractivity contribution in [3.05, 3.63) is 28.2 Å². The van der Waals surface area contributed by atoms with Crippen LogP contribution in [0.4, 0.5) is 13.2 Å². The molecule has 0 bridgehead atoms. The summed E-state index contributed by atoms with van der Waals surface area (Å²) in [6.07, 6.45) is -3.04. The Morgan fingerprint density at radius 2 is 2.22 bits per heavy atom. The maximum absolute atomic E-state index is 13.7. The first-order valence-electron chi connectivity index (χ1n) is 4.95. The lowest BCUT2D eigenvalue weighted by molar-refractivity contribution is -0.144. The summed E-state index contributed by atoms with van der Waals surface area (Å²) in [7, 11) is 0. The summed E-state index contributed by atoms with van der Waals surface area (Å²) >= 11 is 2.98. The van der Waals surface area contributed by atoms with Crippen molar-refractivity contribution in [1.82, 2.24) is 10.3 Å². The summed E-state index contributed by atoms with van der Waals surface area (Å²) < 4.78 is 45.1. The van der Waals surface area contributed by atoms with Gasteiger partial charge in [-0.05, 0) is 28.1 Å². The molecule has 0 aromatic carbocycles. The SMILES string of the molecule is O=C1COC[C@](c2nc(Br)ccc2F)(C(F)F)N1. The molecular weight excluding hydrogens is 317 g/mol. The zero-order valence-corrected chi connectivity index (χ0v) is 10.5. The molecule has 1 atom stereocenters. The van der Waals surface area contributed by atoms with E-state index in [0.29, 0.717) is 0 Å². The molecular formula is C10H8BrF3N2O2. The number of carbonyl (C=O) groups is 1. The van der Waals surface area contributed by atoms with Crippen LogP contribution in [0.3, 0.4) is 0 Å². The van der Waals surface area contributed by atoms with Crippen molar-refractivity contribution < 1.29 is 22.7 Å². The monoisotopic (exact) mass is 324 g/mol. The van der Waals surface area contributed by atoms with E-state index in [9.17, 15) is 18.0 Å². The lowest BCUT2D eigenvalue weighted by atomic mass is 9.94. The summed E-state index contributed by atoms with van der Waals surface area (Å²) in [4.78, 5) is 14.9. The Labute approximate surface area is 109 Å². The Hall–Kier alpha value is -1.15. The molecule has 1 aromatic rings. The third kappa shape index (κ3) is 2.22. The van der Waals surface area contributed by atoms with Gasteiger partial charge < -0.3 is 10.1 Å². The molecule has 1 aliphatic heterocycles. The molecule has 18 heavy (non-hydrogen) atoms. The molecule has 0 saturated carbocycles. The minimum atomic E-state index is -3.04. The average molecular weight is 325 g/mol. The number of halogens is 4. The molecule has 2 rings (SSSR count). The number of hydrogen-bond donors (Lipinski definition) is 1. The van der Waals surface area contributed by atoms with Crippen LogP contribution in [-0.4, -0.2) is 30.5 Å². The minimum absolute atomic E-state index is 0.193. The molecule has 1 fully saturated rings. The molecule has 2 heterocycles. The summed E-state index contributed by atoms with van der Waals surface area (Å²) in [5.74, 6) is -1.66. The van der Waals surface area contributed by atoms with E-state index in [4.69, 9.17) is 4.74 Å². The Morgan fingerprint density at radius 3 is 2.83 bits per heavy atom. The summed E-state index contributed by atoms with van der Waals surface area (Å²) in [6.45, 7) is -0.860. The molecule has 1 aromatic heterocycles. The molecule has 0 radical (unpaired) electrons. The van der Waals surface area contributed by atoms with Gasteiger partial charge >= 0.3 is 0 Å². The lowest BCUT2D eigenvalue weighted by Gasteiger charge is -2.36. The fourth-order valence-corrected chi connectivity index (χ4v) is 2.01. The number of nitrogens with zero attached hydrogens (tertiary/aromatic N) is 1. The molecule has 1 aliphatic rings. The van der Waals surface area contributed by atoms with Gasteiger partial charge in [0.05, 0.1) is 6.61 Å². The predicted octanol–water partition coefficient (Wildman–Crippen LogP) is 1.59. The first kappa shape index (κ1) is 13.3. The van der Waals surface area contributed by atoms with E-state index >= 15 is 0 Å². The average Bonchev–Trinajstić information content (AvgIpc) is 2.32. The Bertz CT molecular complexity index is 486. The Morgan fingerprint density at radius 1 is 1.50 bits per heavy atom. The van der Waals surface area contributed by atoms with Crippen molar-refractivity contribution in [2.75, 3.05) is 13.2 Å². The maximum Gasteiger partial charge on any atom is 0.269 e. The highest BCUT2D eigenvalue weighted by molar-refractivity contribution is 9.10. The van der Waals surface area contributed by atoms with Gasteiger partial charge in [0, 0.05) is 0 Å². The third-order valence-electron chi connectivity index (χ3n) is 2.53. The van der Waals surface area contributed by atoms with Gasteiger partial charge in [-0.1, -0.05) is 0 Å².